The fraction of sp³-hybridized carbons (Fsp3) is 0.524. The van der Waals surface area contributed by atoms with Gasteiger partial charge in [-0.3, -0.25) is 4.79 Å². The Morgan fingerprint density at radius 1 is 1.12 bits per heavy atom. The van der Waals surface area contributed by atoms with Crippen molar-refractivity contribution < 1.29 is 4.79 Å². The maximum Gasteiger partial charge on any atom is 0.297 e. The highest BCUT2D eigenvalue weighted by Crippen LogP contribution is 2.37. The number of carbonyl (C=O) groups is 1. The van der Waals surface area contributed by atoms with Crippen molar-refractivity contribution in [1.29, 1.82) is 0 Å². The first-order valence-corrected chi connectivity index (χ1v) is 9.58. The summed E-state index contributed by atoms with van der Waals surface area (Å²) in [4.78, 5) is 16.6. The average Bonchev–Trinajstić information content (AvgIpc) is 2.89. The van der Waals surface area contributed by atoms with Crippen molar-refractivity contribution in [2.24, 2.45) is 16.5 Å². The summed E-state index contributed by atoms with van der Waals surface area (Å²) in [5.74, 6) is -0.549. The Kier molecular flexibility index (Phi) is 6.83. The van der Waals surface area contributed by atoms with Crippen LogP contribution in [0, 0.1) is 6.92 Å². The summed E-state index contributed by atoms with van der Waals surface area (Å²) in [6, 6.07) is 0. The van der Waals surface area contributed by atoms with E-state index in [1.54, 1.807) is 0 Å². The van der Waals surface area contributed by atoms with Gasteiger partial charge in [-0.1, -0.05) is 31.4 Å². The number of hydrogen-bond donors (Lipinski definition) is 2. The first-order chi connectivity index (χ1) is 12.4. The first-order valence-electron chi connectivity index (χ1n) is 9.58. The van der Waals surface area contributed by atoms with Crippen molar-refractivity contribution in [1.82, 2.24) is 4.57 Å². The number of carbonyl (C=O) groups excluding carboxylic acids is 1. The summed E-state index contributed by atoms with van der Waals surface area (Å²) in [6.07, 6.45) is 11.2. The van der Waals surface area contributed by atoms with Gasteiger partial charge >= 0.3 is 0 Å². The highest BCUT2D eigenvalue weighted by Gasteiger charge is 2.27. The summed E-state index contributed by atoms with van der Waals surface area (Å²) in [6.45, 7) is 9.03. The molecule has 26 heavy (non-hydrogen) atoms. The Labute approximate surface area is 156 Å². The third-order valence-corrected chi connectivity index (χ3v) is 5.25. The van der Waals surface area contributed by atoms with Crippen LogP contribution >= 0.6 is 0 Å². The second kappa shape index (κ2) is 8.88. The van der Waals surface area contributed by atoms with Gasteiger partial charge in [-0.25, -0.2) is 0 Å². The molecule has 1 amide bonds. The topological polar surface area (TPSA) is 86.4 Å². The molecule has 5 heteroatoms. The Morgan fingerprint density at radius 2 is 1.77 bits per heavy atom. The van der Waals surface area contributed by atoms with E-state index in [-0.39, 0.29) is 11.9 Å². The molecule has 2 heterocycles. The molecule has 1 aliphatic rings. The minimum Gasteiger partial charge on any atom is -0.370 e. The standard InChI is InChI=1S/C21H32N4O/c1-5-14(3)17-15(4)18(20(26)24-21(22)23)25-13-11-9-7-8-10-12-16(6-2)19(17)25/h5-6H,7-13H2,1-4H3,(H4,22,23,24,26)/b14-5+,16-6+. The van der Waals surface area contributed by atoms with E-state index >= 15 is 0 Å². The number of nitrogens with zero attached hydrogens (tertiary/aromatic N) is 2. The first kappa shape index (κ1) is 20.0. The molecule has 0 atom stereocenters. The molecule has 0 spiro atoms. The van der Waals surface area contributed by atoms with Crippen LogP contribution in [0.3, 0.4) is 0 Å². The van der Waals surface area contributed by atoms with Crippen LogP contribution in [0.5, 0.6) is 0 Å². The number of aromatic nitrogens is 1. The van der Waals surface area contributed by atoms with E-state index in [2.05, 4.69) is 35.6 Å². The number of fused-ring (bicyclic) bond motifs is 1. The lowest BCUT2D eigenvalue weighted by Crippen LogP contribution is -2.25. The maximum atomic E-state index is 12.8. The third kappa shape index (κ3) is 4.09. The molecule has 5 nitrogen and oxygen atoms in total. The minimum atomic E-state index is -0.355. The van der Waals surface area contributed by atoms with E-state index in [1.807, 2.05) is 13.8 Å². The number of amides is 1. The molecule has 0 bridgehead atoms. The lowest BCUT2D eigenvalue weighted by Gasteiger charge is -2.18. The lowest BCUT2D eigenvalue weighted by atomic mass is 9.94. The van der Waals surface area contributed by atoms with Gasteiger partial charge in [0.2, 0.25) is 0 Å². The summed E-state index contributed by atoms with van der Waals surface area (Å²) in [5, 5.41) is 0. The number of rotatable bonds is 2. The normalized spacial score (nSPS) is 17.7. The van der Waals surface area contributed by atoms with E-state index < -0.39 is 0 Å². The van der Waals surface area contributed by atoms with Crippen LogP contribution in [0.25, 0.3) is 11.1 Å². The van der Waals surface area contributed by atoms with Crippen molar-refractivity contribution in [2.75, 3.05) is 0 Å². The second-order valence-electron chi connectivity index (χ2n) is 6.99. The second-order valence-corrected chi connectivity index (χ2v) is 6.99. The van der Waals surface area contributed by atoms with Crippen molar-refractivity contribution in [3.05, 3.63) is 34.7 Å². The highest BCUT2D eigenvalue weighted by atomic mass is 16.1. The van der Waals surface area contributed by atoms with E-state index in [0.29, 0.717) is 5.69 Å². The predicted octanol–water partition coefficient (Wildman–Crippen LogP) is 4.39. The largest absolute Gasteiger partial charge is 0.370 e. The average molecular weight is 357 g/mol. The summed E-state index contributed by atoms with van der Waals surface area (Å²) in [5.41, 5.74) is 17.3. The van der Waals surface area contributed by atoms with Gasteiger partial charge in [0.25, 0.3) is 5.91 Å². The number of nitrogens with two attached hydrogens (primary N) is 2. The molecule has 0 aliphatic carbocycles. The van der Waals surface area contributed by atoms with Crippen molar-refractivity contribution in [2.45, 2.75) is 72.8 Å². The van der Waals surface area contributed by atoms with E-state index in [4.69, 9.17) is 11.5 Å². The van der Waals surface area contributed by atoms with Gasteiger partial charge in [0.15, 0.2) is 5.96 Å². The van der Waals surface area contributed by atoms with Crippen LogP contribution in [0.15, 0.2) is 17.1 Å². The molecule has 1 aromatic rings. The molecule has 0 aromatic carbocycles. The van der Waals surface area contributed by atoms with Crippen LogP contribution in [0.1, 0.15) is 86.6 Å². The SMILES string of the molecule is C/C=C(\C)c1c(C)c(C(=O)N=C(N)N)n2c1/C(=C/C)CCCCCCC2. The van der Waals surface area contributed by atoms with Gasteiger partial charge < -0.3 is 16.0 Å². The van der Waals surface area contributed by atoms with Crippen molar-refractivity contribution in [3.8, 4) is 0 Å². The summed E-state index contributed by atoms with van der Waals surface area (Å²) < 4.78 is 2.16. The Bertz CT molecular complexity index is 761. The van der Waals surface area contributed by atoms with E-state index in [0.717, 1.165) is 36.2 Å². The van der Waals surface area contributed by atoms with Crippen LogP contribution in [-0.4, -0.2) is 16.4 Å². The molecule has 1 aromatic heterocycles. The van der Waals surface area contributed by atoms with Gasteiger partial charge in [0.05, 0.1) is 5.69 Å². The zero-order valence-electron chi connectivity index (χ0n) is 16.6. The van der Waals surface area contributed by atoms with Gasteiger partial charge in [-0.2, -0.15) is 4.99 Å². The zero-order valence-corrected chi connectivity index (χ0v) is 16.6. The highest BCUT2D eigenvalue weighted by molar-refractivity contribution is 6.03. The molecule has 2 rings (SSSR count). The quantitative estimate of drug-likeness (QED) is 0.608. The van der Waals surface area contributed by atoms with Gasteiger partial charge in [0, 0.05) is 12.1 Å². The molecule has 0 fully saturated rings. The number of aliphatic imine (C=N–C) groups is 1. The van der Waals surface area contributed by atoms with E-state index in [1.165, 1.54) is 36.8 Å². The minimum absolute atomic E-state index is 0.194. The smallest absolute Gasteiger partial charge is 0.297 e. The maximum absolute atomic E-state index is 12.8. The van der Waals surface area contributed by atoms with Gasteiger partial charge in [-0.15, -0.1) is 0 Å². The van der Waals surface area contributed by atoms with Crippen LogP contribution in [-0.2, 0) is 6.54 Å². The molecule has 142 valence electrons. The molecule has 0 unspecified atom stereocenters. The third-order valence-electron chi connectivity index (χ3n) is 5.25. The van der Waals surface area contributed by atoms with Crippen LogP contribution in [0.2, 0.25) is 0 Å². The Hall–Kier alpha value is -2.30. The number of guanidine groups is 1. The Balaban J connectivity index is 2.80. The zero-order chi connectivity index (χ0) is 19.3. The van der Waals surface area contributed by atoms with Crippen molar-refractivity contribution >= 4 is 23.0 Å². The molecule has 4 N–H and O–H groups in total. The molecular weight excluding hydrogens is 324 g/mol. The molecule has 0 saturated carbocycles. The fourth-order valence-corrected chi connectivity index (χ4v) is 3.89. The fourth-order valence-electron chi connectivity index (χ4n) is 3.89. The van der Waals surface area contributed by atoms with Crippen LogP contribution in [0.4, 0.5) is 0 Å². The lowest BCUT2D eigenvalue weighted by molar-refractivity contribution is 0.0993. The van der Waals surface area contributed by atoms with Gasteiger partial charge in [-0.05, 0) is 63.7 Å². The Morgan fingerprint density at radius 3 is 2.38 bits per heavy atom. The molecular formula is C21H32N4O. The number of hydrogen-bond acceptors (Lipinski definition) is 1. The molecule has 1 aliphatic heterocycles. The van der Waals surface area contributed by atoms with E-state index in [9.17, 15) is 4.79 Å². The predicted molar refractivity (Wildman–Crippen MR) is 110 cm³/mol. The number of allylic oxidation sites excluding steroid dienone is 4. The summed E-state index contributed by atoms with van der Waals surface area (Å²) in [7, 11) is 0. The summed E-state index contributed by atoms with van der Waals surface area (Å²) >= 11 is 0. The van der Waals surface area contributed by atoms with Crippen LogP contribution < -0.4 is 11.5 Å². The molecule has 0 saturated heterocycles. The van der Waals surface area contributed by atoms with Gasteiger partial charge in [0.1, 0.15) is 5.69 Å². The van der Waals surface area contributed by atoms with Crippen molar-refractivity contribution in [3.63, 3.8) is 0 Å². The monoisotopic (exact) mass is 356 g/mol. The molecule has 0 radical (unpaired) electrons.